The molecule has 3 aromatic heterocycles. The number of aromatic nitrogens is 6. The summed E-state index contributed by atoms with van der Waals surface area (Å²) in [5, 5.41) is 3.30. The van der Waals surface area contributed by atoms with Crippen LogP contribution in [0.3, 0.4) is 0 Å². The van der Waals surface area contributed by atoms with Crippen LogP contribution >= 0.6 is 0 Å². The summed E-state index contributed by atoms with van der Waals surface area (Å²) < 4.78 is 7.54. The van der Waals surface area contributed by atoms with Gasteiger partial charge in [-0.15, -0.1) is 0 Å². The van der Waals surface area contributed by atoms with E-state index in [0.29, 0.717) is 5.95 Å². The van der Waals surface area contributed by atoms with Crippen molar-refractivity contribution in [2.45, 2.75) is 32.1 Å². The molecule has 2 N–H and O–H groups in total. The topological polar surface area (TPSA) is 93.5 Å². The van der Waals surface area contributed by atoms with Gasteiger partial charge in [0.25, 0.3) is 0 Å². The monoisotopic (exact) mass is 401 g/mol. The van der Waals surface area contributed by atoms with Crippen molar-refractivity contribution in [2.24, 2.45) is 0 Å². The molecule has 3 heterocycles. The zero-order valence-electron chi connectivity index (χ0n) is 17.2. The third-order valence-electron chi connectivity index (χ3n) is 5.48. The fraction of sp³-hybridized carbons (Fsp3) is 0.273. The second-order valence-electron chi connectivity index (χ2n) is 7.70. The second kappa shape index (κ2) is 6.98. The lowest BCUT2D eigenvalue weighted by Gasteiger charge is -2.14. The van der Waals surface area contributed by atoms with Crippen LogP contribution in [0.15, 0.2) is 49.2 Å². The number of hydrogen-bond donors (Lipinski definition) is 2. The Balaban J connectivity index is 1.42. The van der Waals surface area contributed by atoms with Crippen LogP contribution in [0, 0.1) is 13.8 Å². The van der Waals surface area contributed by atoms with Crippen molar-refractivity contribution in [1.82, 2.24) is 29.5 Å². The molecule has 8 nitrogen and oxygen atoms in total. The van der Waals surface area contributed by atoms with E-state index in [4.69, 9.17) is 9.72 Å². The van der Waals surface area contributed by atoms with Crippen LogP contribution in [0.1, 0.15) is 35.7 Å². The zero-order chi connectivity index (χ0) is 20.7. The van der Waals surface area contributed by atoms with E-state index in [0.717, 1.165) is 52.9 Å². The maximum atomic E-state index is 5.59. The van der Waals surface area contributed by atoms with E-state index >= 15 is 0 Å². The van der Waals surface area contributed by atoms with Gasteiger partial charge in [0.1, 0.15) is 11.6 Å². The van der Waals surface area contributed by atoms with Crippen molar-refractivity contribution < 1.29 is 4.74 Å². The summed E-state index contributed by atoms with van der Waals surface area (Å²) in [5.74, 6) is 2.26. The summed E-state index contributed by atoms with van der Waals surface area (Å²) in [4.78, 5) is 21.4. The van der Waals surface area contributed by atoms with E-state index in [1.54, 1.807) is 19.6 Å². The molecule has 1 fully saturated rings. The highest BCUT2D eigenvalue weighted by molar-refractivity contribution is 5.62. The molecule has 0 amide bonds. The lowest BCUT2D eigenvalue weighted by molar-refractivity contribution is 0.413. The molecule has 1 aliphatic carbocycles. The quantitative estimate of drug-likeness (QED) is 0.510. The molecule has 0 spiro atoms. The number of nitrogens with one attached hydrogen (secondary N) is 2. The SMILES string of the molecule is COc1cc(Nc2nccc(C3(c4ncc(C)[nH]4)CC3)n2)ccc1-n1cnc(C)c1. The van der Waals surface area contributed by atoms with Crippen LogP contribution in [0.4, 0.5) is 11.6 Å². The Morgan fingerprint density at radius 3 is 2.67 bits per heavy atom. The minimum Gasteiger partial charge on any atom is -0.494 e. The van der Waals surface area contributed by atoms with Gasteiger partial charge in [-0.2, -0.15) is 0 Å². The predicted octanol–water partition coefficient (Wildman–Crippen LogP) is 3.83. The number of aromatic amines is 1. The van der Waals surface area contributed by atoms with Gasteiger partial charge in [-0.05, 0) is 44.9 Å². The molecule has 1 aliphatic rings. The van der Waals surface area contributed by atoms with Gasteiger partial charge in [-0.1, -0.05) is 0 Å². The smallest absolute Gasteiger partial charge is 0.227 e. The zero-order valence-corrected chi connectivity index (χ0v) is 17.2. The Morgan fingerprint density at radius 2 is 2.00 bits per heavy atom. The van der Waals surface area contributed by atoms with Crippen molar-refractivity contribution in [3.8, 4) is 11.4 Å². The summed E-state index contributed by atoms with van der Waals surface area (Å²) in [6.45, 7) is 3.97. The number of aryl methyl sites for hydroxylation is 2. The van der Waals surface area contributed by atoms with E-state index in [1.165, 1.54) is 0 Å². The number of benzene rings is 1. The van der Waals surface area contributed by atoms with Gasteiger partial charge in [0.15, 0.2) is 0 Å². The molecule has 0 saturated heterocycles. The molecule has 1 aromatic carbocycles. The average molecular weight is 401 g/mol. The first-order valence-corrected chi connectivity index (χ1v) is 9.89. The number of hydrogen-bond acceptors (Lipinski definition) is 6. The van der Waals surface area contributed by atoms with Crippen LogP contribution in [0.5, 0.6) is 5.75 Å². The van der Waals surface area contributed by atoms with Gasteiger partial charge in [0.05, 0.1) is 35.9 Å². The summed E-state index contributed by atoms with van der Waals surface area (Å²) >= 11 is 0. The maximum Gasteiger partial charge on any atom is 0.227 e. The molecule has 30 heavy (non-hydrogen) atoms. The molecule has 1 saturated carbocycles. The molecule has 0 unspecified atom stereocenters. The van der Waals surface area contributed by atoms with Gasteiger partial charge in [-0.25, -0.2) is 19.9 Å². The summed E-state index contributed by atoms with van der Waals surface area (Å²) in [6, 6.07) is 7.87. The average Bonchev–Trinajstić information content (AvgIpc) is 3.27. The van der Waals surface area contributed by atoms with Crippen LogP contribution in [-0.2, 0) is 5.41 Å². The third kappa shape index (κ3) is 3.20. The van der Waals surface area contributed by atoms with Crippen molar-refractivity contribution in [3.05, 3.63) is 72.1 Å². The minimum atomic E-state index is -0.130. The fourth-order valence-electron chi connectivity index (χ4n) is 3.73. The first kappa shape index (κ1) is 18.4. The highest BCUT2D eigenvalue weighted by Crippen LogP contribution is 2.51. The lowest BCUT2D eigenvalue weighted by Crippen LogP contribution is -2.14. The normalized spacial score (nSPS) is 14.5. The molecular formula is C22H23N7O. The molecule has 4 aromatic rings. The Bertz CT molecular complexity index is 1210. The molecule has 0 bridgehead atoms. The fourth-order valence-corrected chi connectivity index (χ4v) is 3.73. The third-order valence-corrected chi connectivity index (χ3v) is 5.48. The Kier molecular flexibility index (Phi) is 4.27. The van der Waals surface area contributed by atoms with Gasteiger partial charge in [0, 0.05) is 36.0 Å². The summed E-state index contributed by atoms with van der Waals surface area (Å²) in [5.41, 5.74) is 4.63. The van der Waals surface area contributed by atoms with Crippen LogP contribution in [-0.4, -0.2) is 36.6 Å². The van der Waals surface area contributed by atoms with Crippen LogP contribution in [0.2, 0.25) is 0 Å². The number of H-pyrrole nitrogens is 1. The number of methoxy groups -OCH3 is 1. The number of rotatable bonds is 6. The van der Waals surface area contributed by atoms with E-state index in [9.17, 15) is 0 Å². The molecule has 0 aliphatic heterocycles. The highest BCUT2D eigenvalue weighted by atomic mass is 16.5. The van der Waals surface area contributed by atoms with Crippen LogP contribution in [0.25, 0.3) is 5.69 Å². The minimum absolute atomic E-state index is 0.130. The predicted molar refractivity (Wildman–Crippen MR) is 114 cm³/mol. The van der Waals surface area contributed by atoms with Gasteiger partial charge >= 0.3 is 0 Å². The van der Waals surface area contributed by atoms with Crippen molar-refractivity contribution >= 4 is 11.6 Å². The highest BCUT2D eigenvalue weighted by Gasteiger charge is 2.50. The molecule has 8 heteroatoms. The lowest BCUT2D eigenvalue weighted by atomic mass is 10.0. The maximum absolute atomic E-state index is 5.59. The molecule has 0 radical (unpaired) electrons. The van der Waals surface area contributed by atoms with Gasteiger partial charge in [0.2, 0.25) is 5.95 Å². The summed E-state index contributed by atoms with van der Waals surface area (Å²) in [7, 11) is 1.66. The van der Waals surface area contributed by atoms with E-state index < -0.39 is 0 Å². The van der Waals surface area contributed by atoms with E-state index in [-0.39, 0.29) is 5.41 Å². The van der Waals surface area contributed by atoms with E-state index in [1.807, 2.05) is 55.1 Å². The summed E-state index contributed by atoms with van der Waals surface area (Å²) in [6.07, 6.45) is 9.46. The number of ether oxygens (including phenoxy) is 1. The Morgan fingerprint density at radius 1 is 1.13 bits per heavy atom. The van der Waals surface area contributed by atoms with Crippen molar-refractivity contribution in [1.29, 1.82) is 0 Å². The molecule has 5 rings (SSSR count). The largest absolute Gasteiger partial charge is 0.494 e. The standard InChI is InChI=1S/C22H23N7O/c1-14-11-24-20(26-14)22(7-8-22)19-6-9-23-21(28-19)27-16-4-5-17(18(10-16)30-3)29-12-15(2)25-13-29/h4-6,9-13H,7-8H2,1-3H3,(H,24,26)(H,23,27,28). The number of nitrogens with zero attached hydrogens (tertiary/aromatic N) is 5. The Labute approximate surface area is 174 Å². The Hall–Kier alpha value is -3.68. The van der Waals surface area contributed by atoms with E-state index in [2.05, 4.69) is 25.3 Å². The first-order chi connectivity index (χ1) is 14.6. The van der Waals surface area contributed by atoms with Gasteiger partial charge in [-0.3, -0.25) is 0 Å². The van der Waals surface area contributed by atoms with Gasteiger partial charge < -0.3 is 19.6 Å². The molecule has 0 atom stereocenters. The molecule has 152 valence electrons. The number of imidazole rings is 2. The molecular weight excluding hydrogens is 378 g/mol. The van der Waals surface area contributed by atoms with Crippen molar-refractivity contribution in [3.63, 3.8) is 0 Å². The second-order valence-corrected chi connectivity index (χ2v) is 7.70. The first-order valence-electron chi connectivity index (χ1n) is 9.89. The van der Waals surface area contributed by atoms with Crippen LogP contribution < -0.4 is 10.1 Å². The number of anilines is 2. The van der Waals surface area contributed by atoms with Crippen molar-refractivity contribution in [2.75, 3.05) is 12.4 Å².